The van der Waals surface area contributed by atoms with Gasteiger partial charge in [-0.15, -0.1) is 0 Å². The van der Waals surface area contributed by atoms with Crippen molar-refractivity contribution in [3.8, 4) is 0 Å². The van der Waals surface area contributed by atoms with E-state index in [1.165, 1.54) is 32.1 Å². The maximum absolute atomic E-state index is 11.0. The molecule has 1 aliphatic carbocycles. The average Bonchev–Trinajstić information content (AvgIpc) is 2.27. The lowest BCUT2D eigenvalue weighted by molar-refractivity contribution is 0.238. The highest BCUT2D eigenvalue weighted by molar-refractivity contribution is 8.00. The molecule has 0 saturated heterocycles. The smallest absolute Gasteiger partial charge is 0.328 e. The van der Waals surface area contributed by atoms with Crippen molar-refractivity contribution in [3.63, 3.8) is 0 Å². The number of carbonyl (C=O) groups is 1. The second-order valence-corrected chi connectivity index (χ2v) is 5.05. The Morgan fingerprint density at radius 2 is 2.07 bits per heavy atom. The molecule has 82 valence electrons. The molecule has 0 aliphatic heterocycles. The molecule has 0 unspecified atom stereocenters. The van der Waals surface area contributed by atoms with Gasteiger partial charge in [-0.3, -0.25) is 5.43 Å². The molecule has 0 aromatic carbocycles. The lowest BCUT2D eigenvalue weighted by Crippen LogP contribution is -2.47. The summed E-state index contributed by atoms with van der Waals surface area (Å²) < 4.78 is 0.241. The number of nitrogens with two attached hydrogens (primary N) is 1. The van der Waals surface area contributed by atoms with Crippen LogP contribution in [0.25, 0.3) is 0 Å². The van der Waals surface area contributed by atoms with Crippen LogP contribution in [0.15, 0.2) is 0 Å². The molecular formula is C9H19N3OS. The number of rotatable bonds is 3. The number of carbonyl (C=O) groups excluding carboxylic acids is 1. The Kier molecular flexibility index (Phi) is 4.54. The Morgan fingerprint density at radius 3 is 2.57 bits per heavy atom. The summed E-state index contributed by atoms with van der Waals surface area (Å²) in [7, 11) is 0. The van der Waals surface area contributed by atoms with Crippen LogP contribution in [-0.2, 0) is 0 Å². The van der Waals surface area contributed by atoms with Crippen LogP contribution in [0.3, 0.4) is 0 Å². The van der Waals surface area contributed by atoms with Crippen molar-refractivity contribution < 1.29 is 4.79 Å². The largest absolute Gasteiger partial charge is 0.336 e. The Hall–Kier alpha value is -0.420. The van der Waals surface area contributed by atoms with Crippen molar-refractivity contribution in [3.05, 3.63) is 0 Å². The molecule has 1 rings (SSSR count). The van der Waals surface area contributed by atoms with E-state index in [9.17, 15) is 4.79 Å². The van der Waals surface area contributed by atoms with Gasteiger partial charge in [-0.1, -0.05) is 19.3 Å². The zero-order valence-electron chi connectivity index (χ0n) is 8.64. The molecule has 1 fully saturated rings. The van der Waals surface area contributed by atoms with Gasteiger partial charge in [-0.05, 0) is 19.1 Å². The first kappa shape index (κ1) is 11.7. The van der Waals surface area contributed by atoms with E-state index >= 15 is 0 Å². The van der Waals surface area contributed by atoms with E-state index in [1.54, 1.807) is 0 Å². The van der Waals surface area contributed by atoms with Gasteiger partial charge in [0, 0.05) is 11.3 Å². The topological polar surface area (TPSA) is 67.2 Å². The highest BCUT2D eigenvalue weighted by atomic mass is 32.2. The third-order valence-electron chi connectivity index (χ3n) is 2.90. The highest BCUT2D eigenvalue weighted by Gasteiger charge is 2.31. The highest BCUT2D eigenvalue weighted by Crippen LogP contribution is 2.37. The summed E-state index contributed by atoms with van der Waals surface area (Å²) in [5.74, 6) is 5.00. The predicted molar refractivity (Wildman–Crippen MR) is 60.1 cm³/mol. The van der Waals surface area contributed by atoms with E-state index in [1.807, 2.05) is 11.8 Å². The molecule has 1 saturated carbocycles. The van der Waals surface area contributed by atoms with Crippen molar-refractivity contribution in [2.24, 2.45) is 5.84 Å². The molecule has 14 heavy (non-hydrogen) atoms. The minimum atomic E-state index is -0.288. The fourth-order valence-electron chi connectivity index (χ4n) is 1.94. The minimum Gasteiger partial charge on any atom is -0.336 e. The lowest BCUT2D eigenvalue weighted by Gasteiger charge is -2.35. The molecule has 0 bridgehead atoms. The summed E-state index contributed by atoms with van der Waals surface area (Å²) >= 11 is 1.86. The van der Waals surface area contributed by atoms with Crippen LogP contribution < -0.4 is 16.6 Å². The fourth-order valence-corrected chi connectivity index (χ4v) is 2.86. The third-order valence-corrected chi connectivity index (χ3v) is 4.32. The van der Waals surface area contributed by atoms with Gasteiger partial charge in [0.2, 0.25) is 0 Å². The number of urea groups is 1. The second kappa shape index (κ2) is 5.46. The molecule has 5 heteroatoms. The first-order valence-corrected chi connectivity index (χ1v) is 6.24. The number of amides is 2. The summed E-state index contributed by atoms with van der Waals surface area (Å²) in [5, 5.41) is 2.80. The van der Waals surface area contributed by atoms with Crippen molar-refractivity contribution in [2.75, 3.05) is 12.8 Å². The molecule has 0 aromatic rings. The quantitative estimate of drug-likeness (QED) is 0.378. The number of thioether (sulfide) groups is 1. The molecule has 1 aliphatic rings. The van der Waals surface area contributed by atoms with Gasteiger partial charge >= 0.3 is 6.03 Å². The lowest BCUT2D eigenvalue weighted by atomic mass is 9.88. The molecule has 0 atom stereocenters. The Bertz CT molecular complexity index is 192. The van der Waals surface area contributed by atoms with E-state index < -0.39 is 0 Å². The molecule has 4 N–H and O–H groups in total. The number of hydrazine groups is 1. The van der Waals surface area contributed by atoms with Gasteiger partial charge < -0.3 is 5.32 Å². The molecule has 2 amide bonds. The van der Waals surface area contributed by atoms with Crippen LogP contribution >= 0.6 is 11.8 Å². The van der Waals surface area contributed by atoms with Crippen LogP contribution in [0.1, 0.15) is 32.1 Å². The normalized spacial score (nSPS) is 20.1. The Morgan fingerprint density at radius 1 is 1.43 bits per heavy atom. The molecule has 0 radical (unpaired) electrons. The molecule has 4 nitrogen and oxygen atoms in total. The fraction of sp³-hybridized carbons (Fsp3) is 0.889. The number of nitrogens with one attached hydrogen (secondary N) is 2. The van der Waals surface area contributed by atoms with E-state index in [4.69, 9.17) is 5.84 Å². The zero-order chi connectivity index (χ0) is 10.4. The summed E-state index contributed by atoms with van der Waals surface area (Å²) in [5.41, 5.74) is 2.09. The standard InChI is InChI=1S/C9H19N3OS/c1-14-9(5-3-2-4-6-9)7-11-8(13)12-10/h2-7,10H2,1H3,(H2,11,12,13). The minimum absolute atomic E-state index is 0.241. The van der Waals surface area contributed by atoms with Gasteiger partial charge in [0.1, 0.15) is 0 Å². The first-order valence-electron chi connectivity index (χ1n) is 5.02. The molecule has 0 heterocycles. The number of hydrogen-bond acceptors (Lipinski definition) is 3. The molecule has 0 spiro atoms. The Balaban J connectivity index is 2.39. The predicted octanol–water partition coefficient (Wildman–Crippen LogP) is 1.23. The maximum atomic E-state index is 11.0. The first-order chi connectivity index (χ1) is 6.72. The summed E-state index contributed by atoms with van der Waals surface area (Å²) in [6.45, 7) is 0.719. The Labute approximate surface area is 89.3 Å². The van der Waals surface area contributed by atoms with Crippen molar-refractivity contribution >= 4 is 17.8 Å². The van der Waals surface area contributed by atoms with Gasteiger partial charge in [0.25, 0.3) is 0 Å². The van der Waals surface area contributed by atoms with Crippen LogP contribution in [0, 0.1) is 0 Å². The average molecular weight is 217 g/mol. The zero-order valence-corrected chi connectivity index (χ0v) is 9.45. The van der Waals surface area contributed by atoms with Crippen molar-refractivity contribution in [1.82, 2.24) is 10.7 Å². The van der Waals surface area contributed by atoms with E-state index in [0.29, 0.717) is 0 Å². The molecule has 0 aromatic heterocycles. The van der Waals surface area contributed by atoms with E-state index in [2.05, 4.69) is 17.0 Å². The van der Waals surface area contributed by atoms with Gasteiger partial charge in [-0.2, -0.15) is 11.8 Å². The van der Waals surface area contributed by atoms with Crippen LogP contribution in [0.2, 0.25) is 0 Å². The third kappa shape index (κ3) is 3.06. The summed E-state index contributed by atoms with van der Waals surface area (Å²) in [6.07, 6.45) is 8.37. The summed E-state index contributed by atoms with van der Waals surface area (Å²) in [4.78, 5) is 11.0. The molecular weight excluding hydrogens is 198 g/mol. The maximum Gasteiger partial charge on any atom is 0.328 e. The van der Waals surface area contributed by atoms with Gasteiger partial charge in [0.15, 0.2) is 0 Å². The van der Waals surface area contributed by atoms with Gasteiger partial charge in [0.05, 0.1) is 0 Å². The number of hydrogen-bond donors (Lipinski definition) is 3. The SMILES string of the molecule is CSC1(CNC(=O)NN)CCCCC1. The van der Waals surface area contributed by atoms with Crippen molar-refractivity contribution in [2.45, 2.75) is 36.9 Å². The van der Waals surface area contributed by atoms with Gasteiger partial charge in [-0.25, -0.2) is 10.6 Å². The van der Waals surface area contributed by atoms with Crippen LogP contribution in [-0.4, -0.2) is 23.6 Å². The van der Waals surface area contributed by atoms with Crippen LogP contribution in [0.4, 0.5) is 4.79 Å². The summed E-state index contributed by atoms with van der Waals surface area (Å²) in [6, 6.07) is -0.288. The monoisotopic (exact) mass is 217 g/mol. The second-order valence-electron chi connectivity index (χ2n) is 3.77. The van der Waals surface area contributed by atoms with Crippen molar-refractivity contribution in [1.29, 1.82) is 0 Å². The van der Waals surface area contributed by atoms with E-state index in [-0.39, 0.29) is 10.8 Å². The van der Waals surface area contributed by atoms with E-state index in [0.717, 1.165) is 6.54 Å². The van der Waals surface area contributed by atoms with Crippen LogP contribution in [0.5, 0.6) is 0 Å².